The third kappa shape index (κ3) is 4.04. The monoisotopic (exact) mass is 317 g/mol. The smallest absolute Gasteiger partial charge is 0.257 e. The number of likely N-dealkylation sites (tertiary alicyclic amines) is 1. The van der Waals surface area contributed by atoms with Crippen molar-refractivity contribution in [1.82, 2.24) is 24.7 Å². The lowest BCUT2D eigenvalue weighted by atomic mass is 10.1. The van der Waals surface area contributed by atoms with Crippen LogP contribution in [-0.4, -0.2) is 82.3 Å². The lowest BCUT2D eigenvalue weighted by molar-refractivity contribution is -0.133. The third-order valence-electron chi connectivity index (χ3n) is 4.53. The van der Waals surface area contributed by atoms with E-state index >= 15 is 0 Å². The van der Waals surface area contributed by atoms with Gasteiger partial charge in [-0.05, 0) is 19.3 Å². The van der Waals surface area contributed by atoms with Gasteiger partial charge in [0.1, 0.15) is 6.33 Å². The fourth-order valence-electron chi connectivity index (χ4n) is 3.14. The van der Waals surface area contributed by atoms with Gasteiger partial charge in [-0.3, -0.25) is 14.5 Å². The van der Waals surface area contributed by atoms with Crippen LogP contribution in [0.4, 0.5) is 0 Å². The van der Waals surface area contributed by atoms with Crippen molar-refractivity contribution in [1.29, 1.82) is 0 Å². The fraction of sp³-hybridized carbons (Fsp3) is 0.625. The van der Waals surface area contributed by atoms with Gasteiger partial charge < -0.3 is 9.80 Å². The molecule has 1 aromatic heterocycles. The molecular weight excluding hydrogens is 294 g/mol. The molecule has 0 atom stereocenters. The Hall–Kier alpha value is -2.02. The fourth-order valence-corrected chi connectivity index (χ4v) is 3.14. The molecule has 3 rings (SSSR count). The van der Waals surface area contributed by atoms with E-state index < -0.39 is 0 Å². The van der Waals surface area contributed by atoms with Crippen LogP contribution in [0.2, 0.25) is 0 Å². The van der Waals surface area contributed by atoms with Crippen molar-refractivity contribution in [3.05, 3.63) is 24.3 Å². The maximum Gasteiger partial charge on any atom is 0.257 e. The molecule has 7 heteroatoms. The standard InChI is InChI=1S/C16H23N5O2/c22-15(20-4-2-1-3-5-20)12-19-6-8-21(9-7-19)16(23)14-10-17-13-18-11-14/h10-11,13H,1-9,12H2. The summed E-state index contributed by atoms with van der Waals surface area (Å²) in [5.74, 6) is 0.188. The zero-order valence-electron chi connectivity index (χ0n) is 13.4. The summed E-state index contributed by atoms with van der Waals surface area (Å²) in [6.45, 7) is 5.01. The Morgan fingerprint density at radius 3 is 2.17 bits per heavy atom. The van der Waals surface area contributed by atoms with Crippen molar-refractivity contribution >= 4 is 11.8 Å². The zero-order valence-corrected chi connectivity index (χ0v) is 13.4. The highest BCUT2D eigenvalue weighted by molar-refractivity contribution is 5.93. The van der Waals surface area contributed by atoms with Crippen LogP contribution in [0.5, 0.6) is 0 Å². The Kier molecular flexibility index (Phi) is 5.17. The van der Waals surface area contributed by atoms with Gasteiger partial charge in [0.15, 0.2) is 0 Å². The second kappa shape index (κ2) is 7.50. The lowest BCUT2D eigenvalue weighted by Gasteiger charge is -2.36. The number of hydrogen-bond acceptors (Lipinski definition) is 5. The van der Waals surface area contributed by atoms with Crippen molar-refractivity contribution < 1.29 is 9.59 Å². The van der Waals surface area contributed by atoms with Gasteiger partial charge in [-0.15, -0.1) is 0 Å². The molecule has 3 heterocycles. The highest BCUT2D eigenvalue weighted by Gasteiger charge is 2.25. The first kappa shape index (κ1) is 15.9. The maximum absolute atomic E-state index is 12.3. The van der Waals surface area contributed by atoms with Gasteiger partial charge in [-0.25, -0.2) is 9.97 Å². The van der Waals surface area contributed by atoms with Crippen molar-refractivity contribution in [2.75, 3.05) is 45.8 Å². The molecule has 0 N–H and O–H groups in total. The highest BCUT2D eigenvalue weighted by Crippen LogP contribution is 2.11. The normalized spacial score (nSPS) is 19.7. The van der Waals surface area contributed by atoms with Gasteiger partial charge in [0.05, 0.1) is 12.1 Å². The van der Waals surface area contributed by atoms with Gasteiger partial charge in [0, 0.05) is 51.7 Å². The SMILES string of the molecule is O=C(CN1CCN(C(=O)c2cncnc2)CC1)N1CCCCC1. The molecule has 0 saturated carbocycles. The Morgan fingerprint density at radius 1 is 0.870 bits per heavy atom. The van der Waals surface area contributed by atoms with E-state index in [0.29, 0.717) is 25.2 Å². The first-order valence-corrected chi connectivity index (χ1v) is 8.28. The van der Waals surface area contributed by atoms with Crippen molar-refractivity contribution in [3.8, 4) is 0 Å². The van der Waals surface area contributed by atoms with Gasteiger partial charge >= 0.3 is 0 Å². The number of nitrogens with zero attached hydrogens (tertiary/aromatic N) is 5. The predicted molar refractivity (Wildman–Crippen MR) is 84.8 cm³/mol. The molecule has 0 radical (unpaired) electrons. The maximum atomic E-state index is 12.3. The predicted octanol–water partition coefficient (Wildman–Crippen LogP) is 0.247. The van der Waals surface area contributed by atoms with Crippen LogP contribution in [0.1, 0.15) is 29.6 Å². The molecule has 2 amide bonds. The van der Waals surface area contributed by atoms with Crippen molar-refractivity contribution in [2.45, 2.75) is 19.3 Å². The molecule has 0 bridgehead atoms. The molecule has 1 aromatic rings. The van der Waals surface area contributed by atoms with E-state index in [9.17, 15) is 9.59 Å². The molecule has 124 valence electrons. The summed E-state index contributed by atoms with van der Waals surface area (Å²) in [6.07, 6.45) is 7.97. The van der Waals surface area contributed by atoms with Crippen molar-refractivity contribution in [3.63, 3.8) is 0 Å². The second-order valence-corrected chi connectivity index (χ2v) is 6.14. The summed E-state index contributed by atoms with van der Waals surface area (Å²) in [5.41, 5.74) is 0.519. The molecule has 2 aliphatic heterocycles. The Balaban J connectivity index is 1.46. The summed E-state index contributed by atoms with van der Waals surface area (Å²) in [6, 6.07) is 0. The molecule has 2 aliphatic rings. The summed E-state index contributed by atoms with van der Waals surface area (Å²) in [7, 11) is 0. The van der Waals surface area contributed by atoms with E-state index in [4.69, 9.17) is 0 Å². The van der Waals surface area contributed by atoms with Gasteiger partial charge in [0.2, 0.25) is 5.91 Å². The number of aromatic nitrogens is 2. The van der Waals surface area contributed by atoms with E-state index in [0.717, 1.165) is 39.0 Å². The molecular formula is C16H23N5O2. The minimum atomic E-state index is -0.0346. The van der Waals surface area contributed by atoms with Crippen LogP contribution < -0.4 is 0 Å². The summed E-state index contributed by atoms with van der Waals surface area (Å²) >= 11 is 0. The number of piperidine rings is 1. The number of carbonyl (C=O) groups is 2. The molecule has 7 nitrogen and oxygen atoms in total. The quantitative estimate of drug-likeness (QED) is 0.799. The van der Waals surface area contributed by atoms with Crippen LogP contribution in [0.25, 0.3) is 0 Å². The Bertz CT molecular complexity index is 537. The molecule has 0 aliphatic carbocycles. The van der Waals surface area contributed by atoms with E-state index in [2.05, 4.69) is 14.9 Å². The number of piperazine rings is 1. The van der Waals surface area contributed by atoms with Crippen LogP contribution in [0.15, 0.2) is 18.7 Å². The summed E-state index contributed by atoms with van der Waals surface area (Å²) in [5, 5.41) is 0. The third-order valence-corrected chi connectivity index (χ3v) is 4.53. The van der Waals surface area contributed by atoms with Crippen LogP contribution in [0.3, 0.4) is 0 Å². The van der Waals surface area contributed by atoms with E-state index in [1.165, 1.54) is 12.7 Å². The Labute approximate surface area is 136 Å². The van der Waals surface area contributed by atoms with E-state index in [1.54, 1.807) is 17.3 Å². The van der Waals surface area contributed by atoms with Gasteiger partial charge in [-0.1, -0.05) is 0 Å². The molecule has 2 saturated heterocycles. The first-order valence-electron chi connectivity index (χ1n) is 8.28. The summed E-state index contributed by atoms with van der Waals surface area (Å²) < 4.78 is 0. The Morgan fingerprint density at radius 2 is 1.52 bits per heavy atom. The molecule has 23 heavy (non-hydrogen) atoms. The molecule has 2 fully saturated rings. The van der Waals surface area contributed by atoms with Crippen LogP contribution >= 0.6 is 0 Å². The zero-order chi connectivity index (χ0) is 16.1. The minimum absolute atomic E-state index is 0.0346. The number of amides is 2. The van der Waals surface area contributed by atoms with Crippen LogP contribution in [-0.2, 0) is 4.79 Å². The first-order chi connectivity index (χ1) is 11.2. The number of rotatable bonds is 3. The topological polar surface area (TPSA) is 69.6 Å². The minimum Gasteiger partial charge on any atom is -0.342 e. The molecule has 0 unspecified atom stereocenters. The average molecular weight is 317 g/mol. The second-order valence-electron chi connectivity index (χ2n) is 6.14. The largest absolute Gasteiger partial charge is 0.342 e. The van der Waals surface area contributed by atoms with E-state index in [1.807, 2.05) is 4.90 Å². The average Bonchev–Trinajstić information content (AvgIpc) is 2.63. The number of hydrogen-bond donors (Lipinski definition) is 0. The highest BCUT2D eigenvalue weighted by atomic mass is 16.2. The molecule has 0 spiro atoms. The van der Waals surface area contributed by atoms with Gasteiger partial charge in [0.25, 0.3) is 5.91 Å². The van der Waals surface area contributed by atoms with Gasteiger partial charge in [-0.2, -0.15) is 0 Å². The van der Waals surface area contributed by atoms with Crippen molar-refractivity contribution in [2.24, 2.45) is 0 Å². The van der Waals surface area contributed by atoms with Crippen LogP contribution in [0, 0.1) is 0 Å². The molecule has 0 aromatic carbocycles. The van der Waals surface area contributed by atoms with E-state index in [-0.39, 0.29) is 11.8 Å². The number of carbonyl (C=O) groups excluding carboxylic acids is 2. The summed E-state index contributed by atoms with van der Waals surface area (Å²) in [4.78, 5) is 38.3. The lowest BCUT2D eigenvalue weighted by Crippen LogP contribution is -2.52.